The first-order chi connectivity index (χ1) is 1.91. The monoisotopic (exact) mass is 131 g/mol. The number of amides is 1. The second-order valence-electron chi connectivity index (χ2n) is 0.407. The van der Waals surface area contributed by atoms with Crippen molar-refractivity contribution >= 4 is 31.2 Å². The molecule has 0 saturated carbocycles. The summed E-state index contributed by atoms with van der Waals surface area (Å²) >= 11 is 0. The lowest BCUT2D eigenvalue weighted by molar-refractivity contribution is -0.109. The molecule has 0 saturated heterocycles. The first kappa shape index (κ1) is 16.6. The normalized spacial score (nSPS) is 3.50. The fourth-order valence-electron chi connectivity index (χ4n) is 0. The van der Waals surface area contributed by atoms with Gasteiger partial charge in [-0.15, -0.1) is 24.8 Å². The van der Waals surface area contributed by atoms with Crippen molar-refractivity contribution in [1.82, 2.24) is 5.32 Å². The average Bonchev–Trinajstić information content (AvgIpc) is 1.37. The van der Waals surface area contributed by atoms with Crippen LogP contribution in [-0.4, -0.2) is 13.5 Å². The predicted octanol–water partition coefficient (Wildman–Crippen LogP) is 0.206. The van der Waals surface area contributed by atoms with Crippen LogP contribution in [0.5, 0.6) is 0 Å². The largest absolute Gasteiger partial charge is 0.362 e. The number of nitrogens with one attached hydrogen (secondary N) is 1. The van der Waals surface area contributed by atoms with E-state index < -0.39 is 0 Å². The minimum atomic E-state index is 0. The molecule has 2 nitrogen and oxygen atoms in total. The van der Waals surface area contributed by atoms with E-state index in [9.17, 15) is 0 Å². The van der Waals surface area contributed by atoms with E-state index >= 15 is 0 Å². The molecule has 40 valence electrons. The quantitative estimate of drug-likeness (QED) is 0.507. The summed E-state index contributed by atoms with van der Waals surface area (Å²) in [5.74, 6) is 0. The number of hydrogen-bond acceptors (Lipinski definition) is 1. The van der Waals surface area contributed by atoms with Crippen LogP contribution in [0.3, 0.4) is 0 Å². The van der Waals surface area contributed by atoms with Gasteiger partial charge in [-0.25, -0.2) is 0 Å². The first-order valence-electron chi connectivity index (χ1n) is 1.02. The Hall–Kier alpha value is 0.0500. The summed E-state index contributed by atoms with van der Waals surface area (Å²) in [6.45, 7) is 0. The van der Waals surface area contributed by atoms with Crippen LogP contribution in [0.2, 0.25) is 0 Å². The smallest absolute Gasteiger partial charge is 0.206 e. The van der Waals surface area contributed by atoms with E-state index in [1.807, 2.05) is 0 Å². The third-order valence-corrected chi connectivity index (χ3v) is 0.118. The Morgan fingerprint density at radius 2 is 1.67 bits per heavy atom. The van der Waals surface area contributed by atoms with Gasteiger partial charge < -0.3 is 5.32 Å². The highest BCUT2D eigenvalue weighted by Crippen LogP contribution is 1.09. The Morgan fingerprint density at radius 3 is 1.67 bits per heavy atom. The van der Waals surface area contributed by atoms with E-state index in [2.05, 4.69) is 5.32 Å². The summed E-state index contributed by atoms with van der Waals surface area (Å²) in [5, 5.41) is 2.25. The molecule has 0 aliphatic heterocycles. The molecule has 1 N–H and O–H groups in total. The molecule has 0 aromatic carbocycles. The summed E-state index contributed by atoms with van der Waals surface area (Å²) in [4.78, 5) is 9.06. The van der Waals surface area contributed by atoms with Gasteiger partial charge in [-0.3, -0.25) is 4.79 Å². The van der Waals surface area contributed by atoms with Crippen LogP contribution < -0.4 is 5.32 Å². The third-order valence-electron chi connectivity index (χ3n) is 0.118. The van der Waals surface area contributed by atoms with Crippen LogP contribution in [0.4, 0.5) is 0 Å². The molecular weight excluding hydrogens is 125 g/mol. The van der Waals surface area contributed by atoms with Gasteiger partial charge in [-0.2, -0.15) is 0 Å². The Labute approximate surface area is 49.1 Å². The van der Waals surface area contributed by atoms with E-state index in [1.165, 1.54) is 0 Å². The van der Waals surface area contributed by atoms with E-state index in [0.29, 0.717) is 6.41 Å². The lowest BCUT2D eigenvalue weighted by Crippen LogP contribution is -1.98. The van der Waals surface area contributed by atoms with Crippen molar-refractivity contribution in [3.05, 3.63) is 0 Å². The fraction of sp³-hybridized carbons (Fsp3) is 0.500. The van der Waals surface area contributed by atoms with Gasteiger partial charge in [0, 0.05) is 7.05 Å². The topological polar surface area (TPSA) is 29.1 Å². The Morgan fingerprint density at radius 1 is 1.50 bits per heavy atom. The molecule has 0 rings (SSSR count). The number of carbonyl (C=O) groups excluding carboxylic acids is 1. The van der Waals surface area contributed by atoms with Crippen molar-refractivity contribution in [2.45, 2.75) is 0 Å². The van der Waals surface area contributed by atoms with Crippen molar-refractivity contribution in [3.63, 3.8) is 0 Å². The maximum atomic E-state index is 9.06. The second-order valence-corrected chi connectivity index (χ2v) is 0.407. The van der Waals surface area contributed by atoms with E-state index in [4.69, 9.17) is 4.79 Å². The van der Waals surface area contributed by atoms with Crippen molar-refractivity contribution in [3.8, 4) is 0 Å². The van der Waals surface area contributed by atoms with Crippen LogP contribution in [0.15, 0.2) is 0 Å². The molecule has 0 aliphatic rings. The highest BCUT2D eigenvalue weighted by Gasteiger charge is 1.43. The first-order valence-corrected chi connectivity index (χ1v) is 1.02. The molecule has 0 atom stereocenters. The second kappa shape index (κ2) is 19.7. The van der Waals surface area contributed by atoms with E-state index in [0.717, 1.165) is 0 Å². The number of hydrogen-bond donors (Lipinski definition) is 1. The van der Waals surface area contributed by atoms with Gasteiger partial charge in [0.15, 0.2) is 0 Å². The Kier molecular flexibility index (Phi) is 54.5. The van der Waals surface area contributed by atoms with E-state index in [1.54, 1.807) is 7.05 Å². The van der Waals surface area contributed by atoms with Gasteiger partial charge in [-0.1, -0.05) is 0 Å². The molecule has 0 aliphatic carbocycles. The minimum absolute atomic E-state index is 0. The average molecular weight is 132 g/mol. The lowest BCUT2D eigenvalue weighted by Gasteiger charge is -1.64. The lowest BCUT2D eigenvalue weighted by atomic mass is 11.2. The molecule has 0 aromatic heterocycles. The standard InChI is InChI=1S/C2H5NO.2ClH/c1-3-2-4;;/h2H,1H3,(H,3,4);2*1H. The molecular formula is C2H7Cl2NO. The molecule has 0 aromatic rings. The molecule has 0 heterocycles. The number of carbonyl (C=O) groups is 1. The van der Waals surface area contributed by atoms with Gasteiger partial charge in [0.1, 0.15) is 0 Å². The maximum Gasteiger partial charge on any atom is 0.206 e. The van der Waals surface area contributed by atoms with Crippen molar-refractivity contribution < 1.29 is 4.79 Å². The van der Waals surface area contributed by atoms with Gasteiger partial charge in [-0.05, 0) is 0 Å². The summed E-state index contributed by atoms with van der Waals surface area (Å²) < 4.78 is 0. The van der Waals surface area contributed by atoms with Crippen LogP contribution in [0, 0.1) is 0 Å². The predicted molar refractivity (Wildman–Crippen MR) is 29.6 cm³/mol. The van der Waals surface area contributed by atoms with Gasteiger partial charge in [0.25, 0.3) is 0 Å². The number of halogens is 2. The Bertz CT molecular complexity index is 25.5. The van der Waals surface area contributed by atoms with Gasteiger partial charge >= 0.3 is 0 Å². The summed E-state index contributed by atoms with van der Waals surface area (Å²) in [6.07, 6.45) is 0.625. The molecule has 4 heteroatoms. The van der Waals surface area contributed by atoms with Crippen LogP contribution in [-0.2, 0) is 4.79 Å². The van der Waals surface area contributed by atoms with Gasteiger partial charge in [0.2, 0.25) is 6.41 Å². The molecule has 0 radical (unpaired) electrons. The zero-order chi connectivity index (χ0) is 3.41. The third kappa shape index (κ3) is 34.2. The van der Waals surface area contributed by atoms with Crippen LogP contribution in [0.25, 0.3) is 0 Å². The zero-order valence-corrected chi connectivity index (χ0v) is 4.94. The highest BCUT2D eigenvalue weighted by molar-refractivity contribution is 5.85. The zero-order valence-electron chi connectivity index (χ0n) is 3.30. The number of rotatable bonds is 1. The van der Waals surface area contributed by atoms with Crippen molar-refractivity contribution in [1.29, 1.82) is 0 Å². The molecule has 0 spiro atoms. The van der Waals surface area contributed by atoms with Crippen molar-refractivity contribution in [2.24, 2.45) is 0 Å². The molecule has 0 bridgehead atoms. The van der Waals surface area contributed by atoms with Gasteiger partial charge in [0.05, 0.1) is 0 Å². The van der Waals surface area contributed by atoms with Crippen molar-refractivity contribution in [2.75, 3.05) is 7.05 Å². The molecule has 1 amide bonds. The molecule has 6 heavy (non-hydrogen) atoms. The summed E-state index contributed by atoms with van der Waals surface area (Å²) in [7, 11) is 1.56. The summed E-state index contributed by atoms with van der Waals surface area (Å²) in [5.41, 5.74) is 0. The van der Waals surface area contributed by atoms with Crippen LogP contribution >= 0.6 is 24.8 Å². The molecule has 0 unspecified atom stereocenters. The highest BCUT2D eigenvalue weighted by atomic mass is 35.5. The Balaban J connectivity index is -0.0000000450. The van der Waals surface area contributed by atoms with E-state index in [-0.39, 0.29) is 24.8 Å². The molecule has 0 fully saturated rings. The minimum Gasteiger partial charge on any atom is -0.362 e. The fourth-order valence-corrected chi connectivity index (χ4v) is 0. The SMILES string of the molecule is CNC=O.Cl.Cl. The van der Waals surface area contributed by atoms with Crippen LogP contribution in [0.1, 0.15) is 0 Å². The summed E-state index contributed by atoms with van der Waals surface area (Å²) in [6, 6.07) is 0. The maximum absolute atomic E-state index is 9.06.